The van der Waals surface area contributed by atoms with E-state index < -0.39 is 16.3 Å². The number of nitro benzene ring substituents is 1. The van der Waals surface area contributed by atoms with Crippen LogP contribution >= 0.6 is 34.5 Å². The van der Waals surface area contributed by atoms with E-state index in [1.807, 2.05) is 0 Å². The maximum Gasteiger partial charge on any atom is 0.352 e. The second-order valence-corrected chi connectivity index (χ2v) is 8.62. The van der Waals surface area contributed by atoms with Gasteiger partial charge in [0.1, 0.15) is 0 Å². The molecule has 0 spiro atoms. The standard InChI is InChI=1S/C20H16Cl2N4O4S/c1-20(2,12-5-3-4-6-16(12)26(29)30)17(18(27)28)24-25-19-23-15(10-31-19)11-7-8-13(21)14(22)9-11/h3-10H,1-2H3,(H,23,25)(H,27,28)/b24-17+. The molecule has 0 aliphatic carbocycles. The SMILES string of the molecule is CC(C)(/C(=N/Nc1nc(-c2ccc(Cl)c(Cl)c2)cs1)C(=O)O)c1ccccc1[N+](=O)[O-]. The Kier molecular flexibility index (Phi) is 6.59. The van der Waals surface area contributed by atoms with Gasteiger partial charge in [-0.05, 0) is 26.0 Å². The van der Waals surface area contributed by atoms with Crippen molar-refractivity contribution in [3.63, 3.8) is 0 Å². The molecule has 3 aromatic rings. The van der Waals surface area contributed by atoms with Gasteiger partial charge in [-0.2, -0.15) is 5.10 Å². The van der Waals surface area contributed by atoms with Crippen molar-refractivity contribution in [1.82, 2.24) is 4.98 Å². The Labute approximate surface area is 191 Å². The van der Waals surface area contributed by atoms with Crippen LogP contribution in [0.1, 0.15) is 19.4 Å². The van der Waals surface area contributed by atoms with Gasteiger partial charge in [0, 0.05) is 28.0 Å². The summed E-state index contributed by atoms with van der Waals surface area (Å²) in [6.07, 6.45) is 0. The van der Waals surface area contributed by atoms with Crippen LogP contribution in [0.15, 0.2) is 52.9 Å². The molecule has 3 rings (SSSR count). The Morgan fingerprint density at radius 1 is 1.23 bits per heavy atom. The van der Waals surface area contributed by atoms with Gasteiger partial charge < -0.3 is 5.11 Å². The van der Waals surface area contributed by atoms with Gasteiger partial charge in [0.25, 0.3) is 5.69 Å². The highest BCUT2D eigenvalue weighted by Crippen LogP contribution is 2.34. The molecule has 0 atom stereocenters. The minimum absolute atomic E-state index is 0.183. The van der Waals surface area contributed by atoms with Crippen LogP contribution in [0.4, 0.5) is 10.8 Å². The Bertz CT molecular complexity index is 1190. The van der Waals surface area contributed by atoms with Crippen LogP contribution in [0.25, 0.3) is 11.3 Å². The molecular formula is C20H16Cl2N4O4S. The maximum absolute atomic E-state index is 11.9. The number of para-hydroxylation sites is 1. The lowest BCUT2D eigenvalue weighted by Gasteiger charge is -2.24. The number of hydrogen-bond acceptors (Lipinski definition) is 7. The molecule has 8 nitrogen and oxygen atoms in total. The van der Waals surface area contributed by atoms with Crippen molar-refractivity contribution in [2.75, 3.05) is 5.43 Å². The van der Waals surface area contributed by atoms with Crippen LogP contribution < -0.4 is 5.43 Å². The van der Waals surface area contributed by atoms with Gasteiger partial charge in [-0.25, -0.2) is 9.78 Å². The molecule has 31 heavy (non-hydrogen) atoms. The lowest BCUT2D eigenvalue weighted by molar-refractivity contribution is -0.385. The third kappa shape index (κ3) is 4.84. The molecule has 160 valence electrons. The fourth-order valence-electron chi connectivity index (χ4n) is 2.96. The van der Waals surface area contributed by atoms with Gasteiger partial charge in [-0.3, -0.25) is 15.5 Å². The van der Waals surface area contributed by atoms with Gasteiger partial charge >= 0.3 is 5.97 Å². The third-order valence-corrected chi connectivity index (χ3v) is 6.04. The van der Waals surface area contributed by atoms with E-state index >= 15 is 0 Å². The Hall–Kier alpha value is -3.01. The van der Waals surface area contributed by atoms with Crippen molar-refractivity contribution in [2.24, 2.45) is 5.10 Å². The van der Waals surface area contributed by atoms with Crippen LogP contribution in [0, 0.1) is 10.1 Å². The average molecular weight is 479 g/mol. The fourth-order valence-corrected chi connectivity index (χ4v) is 3.92. The molecule has 1 heterocycles. The van der Waals surface area contributed by atoms with Gasteiger partial charge in [0.05, 0.1) is 20.7 Å². The second-order valence-electron chi connectivity index (χ2n) is 6.94. The largest absolute Gasteiger partial charge is 0.477 e. The number of carboxylic acid groups (broad SMARTS) is 1. The number of carboxylic acids is 1. The number of thiazole rings is 1. The molecule has 0 fully saturated rings. The first-order chi connectivity index (χ1) is 14.6. The average Bonchev–Trinajstić information content (AvgIpc) is 3.18. The lowest BCUT2D eigenvalue weighted by atomic mass is 9.79. The minimum Gasteiger partial charge on any atom is -0.477 e. The third-order valence-electron chi connectivity index (χ3n) is 4.55. The molecule has 0 unspecified atom stereocenters. The smallest absolute Gasteiger partial charge is 0.352 e. The zero-order chi connectivity index (χ0) is 22.8. The van der Waals surface area contributed by atoms with E-state index in [1.54, 1.807) is 43.5 Å². The number of aliphatic carboxylic acids is 1. The van der Waals surface area contributed by atoms with E-state index in [2.05, 4.69) is 15.5 Å². The predicted molar refractivity (Wildman–Crippen MR) is 122 cm³/mol. The quantitative estimate of drug-likeness (QED) is 0.249. The minimum atomic E-state index is -1.31. The van der Waals surface area contributed by atoms with E-state index in [-0.39, 0.29) is 17.0 Å². The van der Waals surface area contributed by atoms with Gasteiger partial charge in [-0.1, -0.05) is 47.5 Å². The van der Waals surface area contributed by atoms with E-state index in [9.17, 15) is 20.0 Å². The highest BCUT2D eigenvalue weighted by molar-refractivity contribution is 7.14. The first-order valence-corrected chi connectivity index (χ1v) is 10.5. The summed E-state index contributed by atoms with van der Waals surface area (Å²) in [6, 6.07) is 11.1. The van der Waals surface area contributed by atoms with Gasteiger partial charge in [0.15, 0.2) is 5.71 Å². The van der Waals surface area contributed by atoms with Gasteiger partial charge in [0.2, 0.25) is 5.13 Å². The lowest BCUT2D eigenvalue weighted by Crippen LogP contribution is -2.36. The monoisotopic (exact) mass is 478 g/mol. The predicted octanol–water partition coefficient (Wildman–Crippen LogP) is 5.86. The Morgan fingerprint density at radius 2 is 1.94 bits per heavy atom. The van der Waals surface area contributed by atoms with Crippen LogP contribution in [-0.2, 0) is 10.2 Å². The summed E-state index contributed by atoms with van der Waals surface area (Å²) in [5.74, 6) is -1.31. The van der Waals surface area contributed by atoms with Gasteiger partial charge in [-0.15, -0.1) is 11.3 Å². The molecule has 0 saturated carbocycles. The molecule has 0 aliphatic heterocycles. The Morgan fingerprint density at radius 3 is 2.58 bits per heavy atom. The fraction of sp³-hybridized carbons (Fsp3) is 0.150. The molecule has 0 aliphatic rings. The van der Waals surface area contributed by atoms with Crippen molar-refractivity contribution in [1.29, 1.82) is 0 Å². The first kappa shape index (κ1) is 22.7. The normalized spacial score (nSPS) is 11.9. The number of rotatable bonds is 7. The highest BCUT2D eigenvalue weighted by atomic mass is 35.5. The van der Waals surface area contributed by atoms with Crippen LogP contribution in [-0.4, -0.2) is 26.7 Å². The number of hydrazone groups is 1. The zero-order valence-corrected chi connectivity index (χ0v) is 18.6. The van der Waals surface area contributed by atoms with Crippen molar-refractivity contribution in [2.45, 2.75) is 19.3 Å². The number of carbonyl (C=O) groups is 1. The number of nitrogens with zero attached hydrogens (tertiary/aromatic N) is 3. The summed E-state index contributed by atoms with van der Waals surface area (Å²) in [7, 11) is 0. The summed E-state index contributed by atoms with van der Waals surface area (Å²) in [6.45, 7) is 3.12. The van der Waals surface area contributed by atoms with Crippen molar-refractivity contribution in [3.8, 4) is 11.3 Å². The molecule has 0 bridgehead atoms. The zero-order valence-electron chi connectivity index (χ0n) is 16.3. The van der Waals surface area contributed by atoms with Crippen LogP contribution in [0.5, 0.6) is 0 Å². The number of halogens is 2. The van der Waals surface area contributed by atoms with Crippen molar-refractivity contribution < 1.29 is 14.8 Å². The molecule has 2 N–H and O–H groups in total. The number of aromatic nitrogens is 1. The Balaban J connectivity index is 1.92. The van der Waals surface area contributed by atoms with Crippen molar-refractivity contribution in [3.05, 3.63) is 73.6 Å². The summed E-state index contributed by atoms with van der Waals surface area (Å²) < 4.78 is 0. The van der Waals surface area contributed by atoms with E-state index in [0.717, 1.165) is 5.56 Å². The summed E-state index contributed by atoms with van der Waals surface area (Å²) in [4.78, 5) is 27.2. The molecule has 11 heteroatoms. The summed E-state index contributed by atoms with van der Waals surface area (Å²) >= 11 is 13.2. The maximum atomic E-state index is 11.9. The molecular weight excluding hydrogens is 463 g/mol. The van der Waals surface area contributed by atoms with E-state index in [1.165, 1.54) is 29.5 Å². The number of hydrogen-bond donors (Lipinski definition) is 2. The first-order valence-electron chi connectivity index (χ1n) is 8.83. The van der Waals surface area contributed by atoms with E-state index in [4.69, 9.17) is 23.2 Å². The highest BCUT2D eigenvalue weighted by Gasteiger charge is 2.37. The topological polar surface area (TPSA) is 118 Å². The number of nitrogens with one attached hydrogen (secondary N) is 1. The number of anilines is 1. The molecule has 1 aromatic heterocycles. The summed E-state index contributed by atoms with van der Waals surface area (Å²) in [5.41, 5.74) is 2.49. The number of benzene rings is 2. The van der Waals surface area contributed by atoms with Crippen molar-refractivity contribution >= 4 is 57.0 Å². The molecule has 0 saturated heterocycles. The molecule has 0 radical (unpaired) electrons. The van der Waals surface area contributed by atoms with Crippen LogP contribution in [0.2, 0.25) is 10.0 Å². The second kappa shape index (κ2) is 9.01. The molecule has 0 amide bonds. The van der Waals surface area contributed by atoms with E-state index in [0.29, 0.717) is 20.9 Å². The number of nitro groups is 1. The summed E-state index contributed by atoms with van der Waals surface area (Å²) in [5, 5.41) is 28.1. The molecule has 2 aromatic carbocycles. The van der Waals surface area contributed by atoms with Crippen LogP contribution in [0.3, 0.4) is 0 Å².